The van der Waals surface area contributed by atoms with Crippen molar-refractivity contribution in [2.45, 2.75) is 39.8 Å². The van der Waals surface area contributed by atoms with Gasteiger partial charge < -0.3 is 4.74 Å². The molecule has 2 rings (SSSR count). The molecular formula is C14H21ClN2O. The maximum atomic E-state index is 6.13. The second kappa shape index (κ2) is 5.45. The molecule has 0 spiro atoms. The van der Waals surface area contributed by atoms with E-state index in [0.29, 0.717) is 5.15 Å². The highest BCUT2D eigenvalue weighted by Gasteiger charge is 2.37. The SMILES string of the molecule is CCC(C)(C)C(Oc1ccc(Cl)nc1)N1CCC1. The van der Waals surface area contributed by atoms with Crippen LogP contribution in [0, 0.1) is 5.41 Å². The number of hydrogen-bond acceptors (Lipinski definition) is 3. The van der Waals surface area contributed by atoms with Gasteiger partial charge in [-0.15, -0.1) is 0 Å². The Morgan fingerprint density at radius 1 is 1.44 bits per heavy atom. The third-order valence-electron chi connectivity index (χ3n) is 3.75. The van der Waals surface area contributed by atoms with E-state index in [1.54, 1.807) is 12.3 Å². The molecule has 1 aromatic heterocycles. The molecule has 0 N–H and O–H groups in total. The molecule has 0 saturated carbocycles. The Kier molecular flexibility index (Phi) is 4.13. The summed E-state index contributed by atoms with van der Waals surface area (Å²) in [6.07, 6.45) is 4.15. The summed E-state index contributed by atoms with van der Waals surface area (Å²) in [6.45, 7) is 8.94. The topological polar surface area (TPSA) is 25.4 Å². The van der Waals surface area contributed by atoms with E-state index in [1.807, 2.05) is 6.07 Å². The lowest BCUT2D eigenvalue weighted by Crippen LogP contribution is -2.54. The third kappa shape index (κ3) is 2.96. The first kappa shape index (κ1) is 13.6. The number of rotatable bonds is 5. The van der Waals surface area contributed by atoms with Gasteiger partial charge in [-0.3, -0.25) is 4.90 Å². The molecule has 1 aliphatic heterocycles. The Bertz CT molecular complexity index is 387. The first-order valence-electron chi connectivity index (χ1n) is 6.55. The maximum absolute atomic E-state index is 6.13. The van der Waals surface area contributed by atoms with Gasteiger partial charge >= 0.3 is 0 Å². The van der Waals surface area contributed by atoms with Gasteiger partial charge in [0.25, 0.3) is 0 Å². The molecule has 3 nitrogen and oxygen atoms in total. The predicted octanol–water partition coefficient (Wildman–Crippen LogP) is 3.58. The van der Waals surface area contributed by atoms with Crippen molar-refractivity contribution in [3.8, 4) is 5.75 Å². The fraction of sp³-hybridized carbons (Fsp3) is 0.643. The predicted molar refractivity (Wildman–Crippen MR) is 73.9 cm³/mol. The highest BCUT2D eigenvalue weighted by molar-refractivity contribution is 6.29. The van der Waals surface area contributed by atoms with Crippen molar-refractivity contribution in [1.82, 2.24) is 9.88 Å². The number of hydrogen-bond donors (Lipinski definition) is 0. The van der Waals surface area contributed by atoms with E-state index in [1.165, 1.54) is 6.42 Å². The lowest BCUT2D eigenvalue weighted by atomic mass is 9.86. The van der Waals surface area contributed by atoms with Crippen LogP contribution in [-0.2, 0) is 0 Å². The highest BCUT2D eigenvalue weighted by atomic mass is 35.5. The molecular weight excluding hydrogens is 248 g/mol. The van der Waals surface area contributed by atoms with Crippen molar-refractivity contribution in [2.24, 2.45) is 5.41 Å². The van der Waals surface area contributed by atoms with Crippen LogP contribution >= 0.6 is 11.6 Å². The summed E-state index contributed by atoms with van der Waals surface area (Å²) in [4.78, 5) is 6.45. The van der Waals surface area contributed by atoms with E-state index in [2.05, 4.69) is 30.7 Å². The molecule has 0 radical (unpaired) electrons. The molecule has 1 fully saturated rings. The summed E-state index contributed by atoms with van der Waals surface area (Å²) >= 11 is 5.79. The van der Waals surface area contributed by atoms with E-state index in [0.717, 1.165) is 25.3 Å². The number of aromatic nitrogens is 1. The second-order valence-electron chi connectivity index (χ2n) is 5.52. The summed E-state index contributed by atoms with van der Waals surface area (Å²) in [6, 6.07) is 3.65. The molecule has 1 aromatic rings. The standard InChI is InChI=1S/C14H21ClN2O/c1-4-14(2,3)13(17-8-5-9-17)18-11-6-7-12(15)16-10-11/h6-7,10,13H,4-5,8-9H2,1-3H3. The van der Waals surface area contributed by atoms with Crippen molar-refractivity contribution < 1.29 is 4.74 Å². The van der Waals surface area contributed by atoms with Gasteiger partial charge in [-0.1, -0.05) is 32.4 Å². The highest BCUT2D eigenvalue weighted by Crippen LogP contribution is 2.33. The molecule has 4 heteroatoms. The Labute approximate surface area is 114 Å². The van der Waals surface area contributed by atoms with Crippen LogP contribution in [0.15, 0.2) is 18.3 Å². The van der Waals surface area contributed by atoms with Gasteiger partial charge in [0, 0.05) is 18.5 Å². The van der Waals surface area contributed by atoms with Gasteiger partial charge in [0.2, 0.25) is 0 Å². The van der Waals surface area contributed by atoms with Gasteiger partial charge in [-0.2, -0.15) is 0 Å². The van der Waals surface area contributed by atoms with Crippen molar-refractivity contribution in [1.29, 1.82) is 0 Å². The molecule has 0 aliphatic carbocycles. The molecule has 1 unspecified atom stereocenters. The van der Waals surface area contributed by atoms with E-state index >= 15 is 0 Å². The normalized spacial score (nSPS) is 18.2. The molecule has 0 bridgehead atoms. The number of likely N-dealkylation sites (tertiary alicyclic amines) is 1. The van der Waals surface area contributed by atoms with Crippen molar-refractivity contribution in [3.63, 3.8) is 0 Å². The molecule has 100 valence electrons. The van der Waals surface area contributed by atoms with Crippen molar-refractivity contribution in [2.75, 3.05) is 13.1 Å². The summed E-state index contributed by atoms with van der Waals surface area (Å²) in [7, 11) is 0. The average molecular weight is 269 g/mol. The molecule has 18 heavy (non-hydrogen) atoms. The van der Waals surface area contributed by atoms with Crippen LogP contribution in [0.25, 0.3) is 0 Å². The zero-order valence-corrected chi connectivity index (χ0v) is 12.1. The van der Waals surface area contributed by atoms with E-state index in [9.17, 15) is 0 Å². The van der Waals surface area contributed by atoms with Crippen LogP contribution in [0.4, 0.5) is 0 Å². The summed E-state index contributed by atoms with van der Waals surface area (Å²) in [5.41, 5.74) is 0.125. The van der Waals surface area contributed by atoms with E-state index in [4.69, 9.17) is 16.3 Å². The summed E-state index contributed by atoms with van der Waals surface area (Å²) in [5.74, 6) is 0.790. The summed E-state index contributed by atoms with van der Waals surface area (Å²) in [5, 5.41) is 0.498. The molecule has 1 aliphatic rings. The van der Waals surface area contributed by atoms with Crippen molar-refractivity contribution >= 4 is 11.6 Å². The smallest absolute Gasteiger partial charge is 0.157 e. The zero-order chi connectivity index (χ0) is 13.2. The minimum absolute atomic E-state index is 0.110. The fourth-order valence-corrected chi connectivity index (χ4v) is 2.15. The largest absolute Gasteiger partial charge is 0.473 e. The number of halogens is 1. The molecule has 1 atom stereocenters. The van der Waals surface area contributed by atoms with Crippen LogP contribution in [0.3, 0.4) is 0 Å². The van der Waals surface area contributed by atoms with Gasteiger partial charge in [0.1, 0.15) is 10.9 Å². The molecule has 0 aromatic carbocycles. The van der Waals surface area contributed by atoms with Crippen LogP contribution < -0.4 is 4.74 Å². The number of nitrogens with zero attached hydrogens (tertiary/aromatic N) is 2. The van der Waals surface area contributed by atoms with Crippen LogP contribution in [-0.4, -0.2) is 29.2 Å². The summed E-state index contributed by atoms with van der Waals surface area (Å²) < 4.78 is 6.13. The van der Waals surface area contributed by atoms with E-state index < -0.39 is 0 Å². The average Bonchev–Trinajstić information content (AvgIpc) is 2.28. The lowest BCUT2D eigenvalue weighted by molar-refractivity contribution is -0.0885. The van der Waals surface area contributed by atoms with Gasteiger partial charge in [-0.05, 0) is 25.0 Å². The quantitative estimate of drug-likeness (QED) is 0.763. The first-order chi connectivity index (χ1) is 8.53. The molecule has 1 saturated heterocycles. The molecule has 0 amide bonds. The number of pyridine rings is 1. The van der Waals surface area contributed by atoms with Gasteiger partial charge in [-0.25, -0.2) is 4.98 Å². The second-order valence-corrected chi connectivity index (χ2v) is 5.91. The minimum atomic E-state index is 0.110. The van der Waals surface area contributed by atoms with Crippen molar-refractivity contribution in [3.05, 3.63) is 23.5 Å². The van der Waals surface area contributed by atoms with Gasteiger partial charge in [0.05, 0.1) is 6.20 Å². The first-order valence-corrected chi connectivity index (χ1v) is 6.93. The lowest BCUT2D eigenvalue weighted by Gasteiger charge is -2.45. The minimum Gasteiger partial charge on any atom is -0.473 e. The molecule has 2 heterocycles. The Hall–Kier alpha value is -0.800. The Balaban J connectivity index is 2.12. The van der Waals surface area contributed by atoms with E-state index in [-0.39, 0.29) is 11.6 Å². The van der Waals surface area contributed by atoms with Crippen LogP contribution in [0.1, 0.15) is 33.6 Å². The van der Waals surface area contributed by atoms with Crippen LogP contribution in [0.5, 0.6) is 5.75 Å². The fourth-order valence-electron chi connectivity index (χ4n) is 2.04. The maximum Gasteiger partial charge on any atom is 0.157 e. The third-order valence-corrected chi connectivity index (χ3v) is 3.97. The monoisotopic (exact) mass is 268 g/mol. The Morgan fingerprint density at radius 2 is 2.17 bits per heavy atom. The Morgan fingerprint density at radius 3 is 2.61 bits per heavy atom. The zero-order valence-electron chi connectivity index (χ0n) is 11.3. The number of ether oxygens (including phenoxy) is 1. The van der Waals surface area contributed by atoms with Gasteiger partial charge in [0.15, 0.2) is 6.23 Å². The van der Waals surface area contributed by atoms with Crippen LogP contribution in [0.2, 0.25) is 5.15 Å².